The highest BCUT2D eigenvalue weighted by Gasteiger charge is 2.32. The van der Waals surface area contributed by atoms with Crippen LogP contribution in [-0.4, -0.2) is 103 Å². The number of nitrogens with zero attached hydrogens (tertiary/aromatic N) is 2. The number of rotatable bonds is 30. The van der Waals surface area contributed by atoms with Crippen molar-refractivity contribution in [2.24, 2.45) is 23.7 Å². The maximum Gasteiger partial charge on any atom is 0.253 e. The molecule has 0 aromatic heterocycles. The number of sulfone groups is 3. The van der Waals surface area contributed by atoms with Gasteiger partial charge in [0.1, 0.15) is 0 Å². The first-order valence-electron chi connectivity index (χ1n) is 35.6. The Kier molecular flexibility index (Phi) is 36.6. The standard InChI is InChI=1S/C30H35NO4S.C29H35NO3S.C29H32O4S.4CH4/c1-21(2)31(5)30(33)26-16-14-25(15-17-26)29(32)27(13-12-24-10-6-22(3)7-11-24)20-36(34,35)28-18-8-23(4)9-19-28;1-21(2)30(5)27-16-14-25(15-17-27)29(31)26(13-12-24-10-6-22(3)7-11-24)20-34(32,33)28-18-8-23(4)9-19-28;1-20(2)28(30)24-13-15-25(16-14-24)29(31)26(12-11-23-9-5-21(3)6-10-23)19-34(32,33)27-17-7-22(4)8-18-27;;;;/h6-11,14-19,21,27H,12-13,20H2,1-5H3;6-11,14-19,21,26H,12-13,20H2,1-5H3;5-10,13-18,20,26H,11-12,19H2,1-4H3;4*1H4. The third-order valence-corrected chi connectivity index (χ3v) is 24.5. The number of aryl methyl sites for hydroxylation is 9. The second-order valence-electron chi connectivity index (χ2n) is 28.5. The van der Waals surface area contributed by atoms with E-state index < -0.39 is 47.3 Å². The van der Waals surface area contributed by atoms with Crippen LogP contribution in [0.3, 0.4) is 0 Å². The summed E-state index contributed by atoms with van der Waals surface area (Å²) in [5, 5.41) is 0. The molecule has 0 heterocycles. The minimum absolute atomic E-state index is 0. The first-order chi connectivity index (χ1) is 49.1. The number of amides is 1. The fourth-order valence-corrected chi connectivity index (χ4v) is 16.5. The molecule has 9 aromatic carbocycles. The lowest BCUT2D eigenvalue weighted by Crippen LogP contribution is -2.33. The van der Waals surface area contributed by atoms with E-state index in [4.69, 9.17) is 0 Å². The van der Waals surface area contributed by atoms with Gasteiger partial charge in [-0.1, -0.05) is 223 Å². The van der Waals surface area contributed by atoms with E-state index in [9.17, 15) is 49.2 Å². The predicted octanol–water partition coefficient (Wildman–Crippen LogP) is 20.3. The average molecular weight is 1520 g/mol. The number of Topliss-reactive ketones (excluding diaryl/α,β-unsaturated/α-hetero) is 4. The van der Waals surface area contributed by atoms with Crippen LogP contribution in [0.1, 0.15) is 192 Å². The zero-order valence-electron chi connectivity index (χ0n) is 62.7. The normalized spacial score (nSPS) is 12.0. The first kappa shape index (κ1) is 93.0. The van der Waals surface area contributed by atoms with E-state index in [-0.39, 0.29) is 103 Å². The van der Waals surface area contributed by atoms with Crippen LogP contribution in [0.15, 0.2) is 233 Å². The van der Waals surface area contributed by atoms with Gasteiger partial charge in [0.25, 0.3) is 5.91 Å². The van der Waals surface area contributed by atoms with Gasteiger partial charge in [-0.3, -0.25) is 24.0 Å². The molecule has 0 aliphatic rings. The Morgan fingerprint density at radius 3 is 0.750 bits per heavy atom. The van der Waals surface area contributed by atoms with E-state index in [1.54, 1.807) is 133 Å². The van der Waals surface area contributed by atoms with Gasteiger partial charge in [-0.25, -0.2) is 25.3 Å². The molecule has 0 N–H and O–H groups in total. The van der Waals surface area contributed by atoms with E-state index in [0.29, 0.717) is 72.4 Å². The Morgan fingerprint density at radius 1 is 0.296 bits per heavy atom. The highest BCUT2D eigenvalue weighted by Crippen LogP contribution is 2.29. The van der Waals surface area contributed by atoms with E-state index >= 15 is 0 Å². The highest BCUT2D eigenvalue weighted by atomic mass is 32.2. The summed E-state index contributed by atoms with van der Waals surface area (Å²) in [6.45, 7) is 23.5. The van der Waals surface area contributed by atoms with Crippen molar-refractivity contribution in [3.63, 3.8) is 0 Å². The lowest BCUT2D eigenvalue weighted by Gasteiger charge is -2.24. The molecular weight excluding hydrogens is 1410 g/mol. The largest absolute Gasteiger partial charge is 0.372 e. The number of hydrogen-bond acceptors (Lipinski definition) is 12. The molecule has 9 rings (SSSR count). The molecule has 0 aliphatic carbocycles. The average Bonchev–Trinajstić information content (AvgIpc) is 0.820. The Bertz CT molecular complexity index is 4690. The SMILES string of the molecule is C.C.C.C.Cc1ccc(CCC(CS(=O)(=O)c2ccc(C)cc2)C(=O)c2ccc(C(=O)C(C)C)cc2)cc1.Cc1ccc(CCC(CS(=O)(=O)c2ccc(C)cc2)C(=O)c2ccc(C(=O)N(C)C(C)C)cc2)cc1.Cc1ccc(CCC(CS(=O)(=O)c2ccc(C)cc2)C(=O)c2ccc(N(C)C(C)C)cc2)cc1. The fraction of sp³-hybridized carbons (Fsp3) is 0.359. The third kappa shape index (κ3) is 27.2. The van der Waals surface area contributed by atoms with Crippen LogP contribution in [-0.2, 0) is 48.8 Å². The quantitative estimate of drug-likeness (QED) is 0.0387. The second kappa shape index (κ2) is 42.5. The second-order valence-corrected chi connectivity index (χ2v) is 34.6. The van der Waals surface area contributed by atoms with Gasteiger partial charge < -0.3 is 9.80 Å². The van der Waals surface area contributed by atoms with Crippen LogP contribution in [0, 0.1) is 65.2 Å². The Morgan fingerprint density at radius 2 is 0.519 bits per heavy atom. The van der Waals surface area contributed by atoms with Gasteiger partial charge in [-0.05, 0) is 197 Å². The fourth-order valence-electron chi connectivity index (χ4n) is 11.7. The smallest absolute Gasteiger partial charge is 0.253 e. The van der Waals surface area contributed by atoms with E-state index in [1.807, 2.05) is 173 Å². The molecule has 9 aromatic rings. The zero-order valence-corrected chi connectivity index (χ0v) is 65.2. The van der Waals surface area contributed by atoms with E-state index in [2.05, 4.69) is 18.7 Å². The molecule has 0 spiro atoms. The molecule has 0 saturated heterocycles. The van der Waals surface area contributed by atoms with Crippen LogP contribution < -0.4 is 4.90 Å². The molecule has 0 fully saturated rings. The Balaban J connectivity index is 0.000000413. The molecular formula is C92H118N2O11S3. The van der Waals surface area contributed by atoms with Crippen molar-refractivity contribution in [1.29, 1.82) is 0 Å². The topological polar surface area (TPSA) is 194 Å². The van der Waals surface area contributed by atoms with Gasteiger partial charge in [0.15, 0.2) is 52.6 Å². The van der Waals surface area contributed by atoms with Crippen LogP contribution in [0.2, 0.25) is 0 Å². The first-order valence-corrected chi connectivity index (χ1v) is 40.6. The summed E-state index contributed by atoms with van der Waals surface area (Å²) >= 11 is 0. The summed E-state index contributed by atoms with van der Waals surface area (Å²) in [6.07, 6.45) is 3.14. The van der Waals surface area contributed by atoms with Crippen molar-refractivity contribution in [3.05, 3.63) is 296 Å². The zero-order chi connectivity index (χ0) is 76.2. The lowest BCUT2D eigenvalue weighted by atomic mass is 9.91. The van der Waals surface area contributed by atoms with Gasteiger partial charge in [-0.2, -0.15) is 0 Å². The summed E-state index contributed by atoms with van der Waals surface area (Å²) in [5.41, 5.74) is 13.1. The molecule has 0 radical (unpaired) electrons. The van der Waals surface area contributed by atoms with Crippen LogP contribution in [0.5, 0.6) is 0 Å². The van der Waals surface area contributed by atoms with Crippen molar-refractivity contribution >= 4 is 64.2 Å². The van der Waals surface area contributed by atoms with Gasteiger partial charge in [-0.15, -0.1) is 0 Å². The van der Waals surface area contributed by atoms with Crippen LogP contribution in [0.25, 0.3) is 0 Å². The summed E-state index contributed by atoms with van der Waals surface area (Å²) < 4.78 is 79.2. The minimum atomic E-state index is -3.66. The van der Waals surface area contributed by atoms with Crippen molar-refractivity contribution in [3.8, 4) is 0 Å². The molecule has 580 valence electrons. The number of benzene rings is 9. The van der Waals surface area contributed by atoms with Crippen molar-refractivity contribution in [2.75, 3.05) is 36.3 Å². The number of carbonyl (C=O) groups is 5. The highest BCUT2D eigenvalue weighted by molar-refractivity contribution is 7.92. The third-order valence-electron chi connectivity index (χ3n) is 19.0. The molecule has 3 unspecified atom stereocenters. The van der Waals surface area contributed by atoms with Gasteiger partial charge >= 0.3 is 0 Å². The molecule has 1 amide bonds. The molecule has 108 heavy (non-hydrogen) atoms. The van der Waals surface area contributed by atoms with E-state index in [1.165, 1.54) is 5.56 Å². The Hall–Kier alpha value is -9.22. The van der Waals surface area contributed by atoms with Gasteiger partial charge in [0.2, 0.25) is 0 Å². The van der Waals surface area contributed by atoms with Gasteiger partial charge in [0.05, 0.1) is 31.9 Å². The number of ketones is 4. The maximum absolute atomic E-state index is 13.5. The molecule has 13 nitrogen and oxygen atoms in total. The van der Waals surface area contributed by atoms with Crippen LogP contribution >= 0.6 is 0 Å². The monoisotopic (exact) mass is 1520 g/mol. The number of hydrogen-bond donors (Lipinski definition) is 0. The van der Waals surface area contributed by atoms with Gasteiger partial charge in [0, 0.05) is 83.4 Å². The molecule has 0 saturated carbocycles. The molecule has 3 atom stereocenters. The predicted molar refractivity (Wildman–Crippen MR) is 448 cm³/mol. The minimum Gasteiger partial charge on any atom is -0.372 e. The Labute approximate surface area is 648 Å². The summed E-state index contributed by atoms with van der Waals surface area (Å²) in [7, 11) is -7.16. The summed E-state index contributed by atoms with van der Waals surface area (Å²) in [5.74, 6) is -3.57. The number of anilines is 1. The number of carbonyl (C=O) groups excluding carboxylic acids is 5. The van der Waals surface area contributed by atoms with Crippen molar-refractivity contribution in [2.45, 2.75) is 178 Å². The summed E-state index contributed by atoms with van der Waals surface area (Å²) in [6, 6.07) is 65.5. The van der Waals surface area contributed by atoms with Crippen molar-refractivity contribution < 1.29 is 49.2 Å². The lowest BCUT2D eigenvalue weighted by molar-refractivity contribution is 0.0753. The van der Waals surface area contributed by atoms with Crippen LogP contribution in [0.4, 0.5) is 5.69 Å². The summed E-state index contributed by atoms with van der Waals surface area (Å²) in [4.78, 5) is 69.9. The maximum atomic E-state index is 13.5. The molecule has 0 bridgehead atoms. The van der Waals surface area contributed by atoms with E-state index in [0.717, 1.165) is 50.2 Å². The molecule has 16 heteroatoms. The van der Waals surface area contributed by atoms with Crippen molar-refractivity contribution in [1.82, 2.24) is 4.90 Å². The molecule has 0 aliphatic heterocycles.